The monoisotopic (exact) mass is 128 g/mol. The van der Waals surface area contributed by atoms with Crippen LogP contribution in [0, 0.1) is 0 Å². The molecule has 2 nitrogen and oxygen atoms in total. The Kier molecular flexibility index (Phi) is 1.24. The second-order valence-electron chi connectivity index (χ2n) is 2.84. The summed E-state index contributed by atoms with van der Waals surface area (Å²) in [5.74, 6) is 0. The number of hydrogen-bond donors (Lipinski definition) is 0. The summed E-state index contributed by atoms with van der Waals surface area (Å²) in [4.78, 5) is 0. The van der Waals surface area contributed by atoms with Gasteiger partial charge in [-0.1, -0.05) is 0 Å². The van der Waals surface area contributed by atoms with Crippen molar-refractivity contribution in [3.8, 4) is 0 Å². The molecule has 2 fully saturated rings. The minimum absolute atomic E-state index is 0.406. The molecule has 0 bridgehead atoms. The molecule has 1 saturated carbocycles. The van der Waals surface area contributed by atoms with Gasteiger partial charge in [-0.3, -0.25) is 0 Å². The lowest BCUT2D eigenvalue weighted by Gasteiger charge is -2.15. The van der Waals surface area contributed by atoms with Crippen molar-refractivity contribution in [2.75, 3.05) is 7.11 Å². The summed E-state index contributed by atoms with van der Waals surface area (Å²) in [5.41, 5.74) is 0. The summed E-state index contributed by atoms with van der Waals surface area (Å²) in [5, 5.41) is 0. The van der Waals surface area contributed by atoms with E-state index >= 15 is 0 Å². The van der Waals surface area contributed by atoms with E-state index < -0.39 is 0 Å². The van der Waals surface area contributed by atoms with E-state index in [1.165, 1.54) is 19.3 Å². The Balaban J connectivity index is 1.93. The van der Waals surface area contributed by atoms with Crippen molar-refractivity contribution >= 4 is 0 Å². The van der Waals surface area contributed by atoms with Crippen molar-refractivity contribution in [2.24, 2.45) is 0 Å². The molecular weight excluding hydrogens is 116 g/mol. The maximum atomic E-state index is 5.36. The molecule has 0 N–H and O–H groups in total. The molecule has 0 amide bonds. The van der Waals surface area contributed by atoms with Crippen LogP contribution >= 0.6 is 0 Å². The molecule has 9 heavy (non-hydrogen) atoms. The van der Waals surface area contributed by atoms with Gasteiger partial charge in [0.2, 0.25) is 0 Å². The summed E-state index contributed by atoms with van der Waals surface area (Å²) < 4.78 is 10.6. The number of ether oxygens (including phenoxy) is 2. The first-order chi connectivity index (χ1) is 4.42. The second kappa shape index (κ2) is 1.96. The minimum atomic E-state index is 0.406. The Hall–Kier alpha value is -0.0800. The van der Waals surface area contributed by atoms with Crippen molar-refractivity contribution in [2.45, 2.75) is 37.6 Å². The molecule has 1 aliphatic carbocycles. The van der Waals surface area contributed by atoms with Gasteiger partial charge in [-0.05, 0) is 19.3 Å². The maximum absolute atomic E-state index is 5.36. The summed E-state index contributed by atoms with van der Waals surface area (Å²) >= 11 is 0. The molecule has 52 valence electrons. The molecule has 1 saturated heterocycles. The Bertz CT molecular complexity index is 113. The third-order valence-corrected chi connectivity index (χ3v) is 2.27. The standard InChI is InChI=1S/C7H12O2/c1-8-5-3-2-4-6-7(5)9-6/h5-7H,2-4H2,1H3/t5-,6-,7+/m0/s1. The van der Waals surface area contributed by atoms with Crippen LogP contribution in [0.2, 0.25) is 0 Å². The van der Waals surface area contributed by atoms with E-state index in [4.69, 9.17) is 9.47 Å². The van der Waals surface area contributed by atoms with Gasteiger partial charge in [-0.25, -0.2) is 0 Å². The summed E-state index contributed by atoms with van der Waals surface area (Å²) in [7, 11) is 1.77. The van der Waals surface area contributed by atoms with E-state index in [0.717, 1.165) is 0 Å². The highest BCUT2D eigenvalue weighted by Gasteiger charge is 2.47. The van der Waals surface area contributed by atoms with Gasteiger partial charge >= 0.3 is 0 Å². The summed E-state index contributed by atoms with van der Waals surface area (Å²) in [6.45, 7) is 0. The molecule has 2 rings (SSSR count). The van der Waals surface area contributed by atoms with E-state index in [0.29, 0.717) is 18.3 Å². The number of methoxy groups -OCH3 is 1. The highest BCUT2D eigenvalue weighted by molar-refractivity contribution is 4.95. The van der Waals surface area contributed by atoms with Crippen LogP contribution in [0.25, 0.3) is 0 Å². The third kappa shape index (κ3) is 0.864. The quantitative estimate of drug-likeness (QED) is 0.490. The lowest BCUT2D eigenvalue weighted by Crippen LogP contribution is -2.23. The maximum Gasteiger partial charge on any atom is 0.110 e. The van der Waals surface area contributed by atoms with E-state index in [9.17, 15) is 0 Å². The SMILES string of the molecule is CO[C@H]1CCC[C@@H]2O[C@H]12. The van der Waals surface area contributed by atoms with Crippen LogP contribution in [0.5, 0.6) is 0 Å². The fraction of sp³-hybridized carbons (Fsp3) is 1.00. The molecule has 1 aliphatic heterocycles. The Morgan fingerprint density at radius 2 is 2.33 bits per heavy atom. The molecule has 0 spiro atoms. The van der Waals surface area contributed by atoms with Crippen molar-refractivity contribution in [1.82, 2.24) is 0 Å². The van der Waals surface area contributed by atoms with Crippen LogP contribution < -0.4 is 0 Å². The fourth-order valence-electron chi connectivity index (χ4n) is 1.65. The van der Waals surface area contributed by atoms with E-state index in [1.54, 1.807) is 7.11 Å². The minimum Gasteiger partial charge on any atom is -0.379 e. The highest BCUT2D eigenvalue weighted by Crippen LogP contribution is 2.37. The average molecular weight is 128 g/mol. The first-order valence-electron chi connectivity index (χ1n) is 3.60. The van der Waals surface area contributed by atoms with Gasteiger partial charge in [-0.2, -0.15) is 0 Å². The van der Waals surface area contributed by atoms with Crippen molar-refractivity contribution in [3.63, 3.8) is 0 Å². The van der Waals surface area contributed by atoms with Crippen LogP contribution in [-0.4, -0.2) is 25.4 Å². The molecule has 2 heteroatoms. The van der Waals surface area contributed by atoms with Crippen LogP contribution in [-0.2, 0) is 9.47 Å². The van der Waals surface area contributed by atoms with Crippen molar-refractivity contribution in [1.29, 1.82) is 0 Å². The van der Waals surface area contributed by atoms with Gasteiger partial charge < -0.3 is 9.47 Å². The zero-order valence-corrected chi connectivity index (χ0v) is 5.67. The van der Waals surface area contributed by atoms with E-state index in [1.807, 2.05) is 0 Å². The second-order valence-corrected chi connectivity index (χ2v) is 2.84. The van der Waals surface area contributed by atoms with E-state index in [-0.39, 0.29) is 0 Å². The molecule has 0 unspecified atom stereocenters. The van der Waals surface area contributed by atoms with Gasteiger partial charge in [0.15, 0.2) is 0 Å². The highest BCUT2D eigenvalue weighted by atomic mass is 16.6. The fourth-order valence-corrected chi connectivity index (χ4v) is 1.65. The smallest absolute Gasteiger partial charge is 0.110 e. The van der Waals surface area contributed by atoms with Gasteiger partial charge in [0.05, 0.1) is 12.2 Å². The summed E-state index contributed by atoms with van der Waals surface area (Å²) in [6.07, 6.45) is 5.15. The molecule has 0 aromatic heterocycles. The van der Waals surface area contributed by atoms with Crippen LogP contribution in [0.1, 0.15) is 19.3 Å². The topological polar surface area (TPSA) is 21.8 Å². The lowest BCUT2D eigenvalue weighted by atomic mass is 9.98. The molecule has 0 aromatic rings. The molecule has 0 aromatic carbocycles. The van der Waals surface area contributed by atoms with Gasteiger partial charge in [-0.15, -0.1) is 0 Å². The molecular formula is C7H12O2. The van der Waals surface area contributed by atoms with Crippen molar-refractivity contribution < 1.29 is 9.47 Å². The zero-order chi connectivity index (χ0) is 6.27. The number of hydrogen-bond acceptors (Lipinski definition) is 2. The molecule has 3 atom stereocenters. The molecule has 0 radical (unpaired) electrons. The van der Waals surface area contributed by atoms with Crippen molar-refractivity contribution in [3.05, 3.63) is 0 Å². The first-order valence-corrected chi connectivity index (χ1v) is 3.60. The Morgan fingerprint density at radius 1 is 1.44 bits per heavy atom. The zero-order valence-electron chi connectivity index (χ0n) is 5.67. The lowest BCUT2D eigenvalue weighted by molar-refractivity contribution is 0.0666. The first kappa shape index (κ1) is 5.69. The third-order valence-electron chi connectivity index (χ3n) is 2.27. The predicted octanol–water partition coefficient (Wildman–Crippen LogP) is 0.953. The number of fused-ring (bicyclic) bond motifs is 1. The van der Waals surface area contributed by atoms with Gasteiger partial charge in [0, 0.05) is 7.11 Å². The average Bonchev–Trinajstić information content (AvgIpc) is 2.64. The van der Waals surface area contributed by atoms with Gasteiger partial charge in [0.1, 0.15) is 6.10 Å². The van der Waals surface area contributed by atoms with Gasteiger partial charge in [0.25, 0.3) is 0 Å². The van der Waals surface area contributed by atoms with Crippen LogP contribution in [0.15, 0.2) is 0 Å². The van der Waals surface area contributed by atoms with Crippen LogP contribution in [0.4, 0.5) is 0 Å². The number of epoxide rings is 1. The Morgan fingerprint density at radius 3 is 3.00 bits per heavy atom. The largest absolute Gasteiger partial charge is 0.379 e. The molecule has 1 heterocycles. The summed E-state index contributed by atoms with van der Waals surface area (Å²) in [6, 6.07) is 0. The van der Waals surface area contributed by atoms with E-state index in [2.05, 4.69) is 0 Å². The number of rotatable bonds is 1. The van der Waals surface area contributed by atoms with Crippen LogP contribution in [0.3, 0.4) is 0 Å². The Labute approximate surface area is 55.1 Å². The molecule has 2 aliphatic rings. The predicted molar refractivity (Wildman–Crippen MR) is 33.3 cm³/mol. The normalized spacial score (nSPS) is 48.3.